The number of hydrogen-bond acceptors (Lipinski definition) is 3. The second-order valence-corrected chi connectivity index (χ2v) is 4.06. The zero-order chi connectivity index (χ0) is 13.1. The minimum Gasteiger partial charge on any atom is -0.338 e. The van der Waals surface area contributed by atoms with Gasteiger partial charge in [0.2, 0.25) is 0 Å². The number of hydrogen-bond donors (Lipinski definition) is 1. The predicted molar refractivity (Wildman–Crippen MR) is 73.5 cm³/mol. The Morgan fingerprint density at radius 2 is 1.74 bits per heavy atom. The van der Waals surface area contributed by atoms with Gasteiger partial charge in [-0.15, -0.1) is 0 Å². The lowest BCUT2D eigenvalue weighted by molar-refractivity contribution is 1.12. The summed E-state index contributed by atoms with van der Waals surface area (Å²) in [6.45, 7) is 0. The van der Waals surface area contributed by atoms with Crippen molar-refractivity contribution in [2.75, 3.05) is 0 Å². The molecule has 19 heavy (non-hydrogen) atoms. The summed E-state index contributed by atoms with van der Waals surface area (Å²) >= 11 is 0. The largest absolute Gasteiger partial charge is 0.338 e. The SMILES string of the molecule is O=c1cc(-c2ccccn2)[nH]c(-c2ccccc2)n1. The Labute approximate surface area is 109 Å². The molecule has 2 heterocycles. The van der Waals surface area contributed by atoms with E-state index in [1.165, 1.54) is 6.07 Å². The molecule has 3 rings (SSSR count). The van der Waals surface area contributed by atoms with Gasteiger partial charge in [0, 0.05) is 17.8 Å². The van der Waals surface area contributed by atoms with Crippen LogP contribution in [0.1, 0.15) is 0 Å². The van der Waals surface area contributed by atoms with Crippen molar-refractivity contribution >= 4 is 0 Å². The van der Waals surface area contributed by atoms with Crippen molar-refractivity contribution in [2.45, 2.75) is 0 Å². The topological polar surface area (TPSA) is 58.6 Å². The first-order chi connectivity index (χ1) is 9.33. The third kappa shape index (κ3) is 2.42. The smallest absolute Gasteiger partial charge is 0.273 e. The van der Waals surface area contributed by atoms with Crippen molar-refractivity contribution in [1.29, 1.82) is 0 Å². The average molecular weight is 249 g/mol. The number of rotatable bonds is 2. The zero-order valence-corrected chi connectivity index (χ0v) is 10.1. The summed E-state index contributed by atoms with van der Waals surface area (Å²) in [5, 5.41) is 0. The van der Waals surface area contributed by atoms with E-state index < -0.39 is 0 Å². The molecule has 92 valence electrons. The van der Waals surface area contributed by atoms with Gasteiger partial charge in [-0.2, -0.15) is 4.98 Å². The average Bonchev–Trinajstić information content (AvgIpc) is 2.48. The molecule has 0 aliphatic rings. The molecule has 3 aromatic rings. The standard InChI is InChI=1S/C15H11N3O/c19-14-10-13(12-8-4-5-9-16-12)17-15(18-14)11-6-2-1-3-7-11/h1-10H,(H,17,18,19). The molecule has 0 atom stereocenters. The van der Waals surface area contributed by atoms with Crippen LogP contribution in [0.3, 0.4) is 0 Å². The first-order valence-electron chi connectivity index (χ1n) is 5.91. The highest BCUT2D eigenvalue weighted by Gasteiger charge is 2.05. The zero-order valence-electron chi connectivity index (χ0n) is 10.1. The molecule has 0 aliphatic carbocycles. The molecular formula is C15H11N3O. The Hall–Kier alpha value is -2.75. The summed E-state index contributed by atoms with van der Waals surface area (Å²) in [4.78, 5) is 23.1. The Kier molecular flexibility index (Phi) is 2.90. The van der Waals surface area contributed by atoms with E-state index in [0.717, 1.165) is 11.3 Å². The molecule has 0 saturated heterocycles. The van der Waals surface area contributed by atoms with E-state index in [4.69, 9.17) is 0 Å². The molecule has 0 bridgehead atoms. The number of aromatic amines is 1. The molecule has 0 unspecified atom stereocenters. The summed E-state index contributed by atoms with van der Waals surface area (Å²) in [5.74, 6) is 0.550. The third-order valence-electron chi connectivity index (χ3n) is 2.73. The Balaban J connectivity index is 2.15. The number of H-pyrrole nitrogens is 1. The molecular weight excluding hydrogens is 238 g/mol. The lowest BCUT2D eigenvalue weighted by Gasteiger charge is -2.04. The van der Waals surface area contributed by atoms with Gasteiger partial charge in [0.1, 0.15) is 5.82 Å². The van der Waals surface area contributed by atoms with Gasteiger partial charge in [-0.05, 0) is 12.1 Å². The van der Waals surface area contributed by atoms with Crippen molar-refractivity contribution in [3.05, 3.63) is 71.1 Å². The van der Waals surface area contributed by atoms with Crippen molar-refractivity contribution in [2.24, 2.45) is 0 Å². The van der Waals surface area contributed by atoms with Gasteiger partial charge < -0.3 is 4.98 Å². The number of nitrogens with zero attached hydrogens (tertiary/aromatic N) is 2. The van der Waals surface area contributed by atoms with Crippen molar-refractivity contribution in [1.82, 2.24) is 15.0 Å². The van der Waals surface area contributed by atoms with Crippen LogP contribution in [0, 0.1) is 0 Å². The van der Waals surface area contributed by atoms with Gasteiger partial charge in [0.25, 0.3) is 5.56 Å². The van der Waals surface area contributed by atoms with Crippen LogP contribution in [-0.4, -0.2) is 15.0 Å². The summed E-state index contributed by atoms with van der Waals surface area (Å²) < 4.78 is 0. The second-order valence-electron chi connectivity index (χ2n) is 4.06. The summed E-state index contributed by atoms with van der Waals surface area (Å²) in [6.07, 6.45) is 1.69. The van der Waals surface area contributed by atoms with Crippen LogP contribution in [0.5, 0.6) is 0 Å². The monoisotopic (exact) mass is 249 g/mol. The van der Waals surface area contributed by atoms with E-state index >= 15 is 0 Å². The molecule has 4 nitrogen and oxygen atoms in total. The van der Waals surface area contributed by atoms with Crippen LogP contribution in [-0.2, 0) is 0 Å². The van der Waals surface area contributed by atoms with E-state index in [0.29, 0.717) is 11.5 Å². The van der Waals surface area contributed by atoms with Crippen LogP contribution < -0.4 is 5.56 Å². The molecule has 0 saturated carbocycles. The van der Waals surface area contributed by atoms with Crippen LogP contribution in [0.15, 0.2) is 65.6 Å². The molecule has 1 N–H and O–H groups in total. The highest BCUT2D eigenvalue weighted by molar-refractivity contribution is 5.60. The maximum absolute atomic E-state index is 11.7. The van der Waals surface area contributed by atoms with Gasteiger partial charge in [0.05, 0.1) is 11.4 Å². The van der Waals surface area contributed by atoms with Crippen LogP contribution >= 0.6 is 0 Å². The predicted octanol–water partition coefficient (Wildman–Crippen LogP) is 2.50. The van der Waals surface area contributed by atoms with E-state index in [2.05, 4.69) is 15.0 Å². The maximum atomic E-state index is 11.7. The lowest BCUT2D eigenvalue weighted by atomic mass is 10.2. The van der Waals surface area contributed by atoms with Crippen molar-refractivity contribution in [3.63, 3.8) is 0 Å². The number of aromatic nitrogens is 3. The molecule has 0 spiro atoms. The van der Waals surface area contributed by atoms with E-state index in [1.807, 2.05) is 48.5 Å². The Morgan fingerprint density at radius 3 is 2.47 bits per heavy atom. The third-order valence-corrected chi connectivity index (χ3v) is 2.73. The molecule has 1 aromatic carbocycles. The maximum Gasteiger partial charge on any atom is 0.273 e. The summed E-state index contributed by atoms with van der Waals surface area (Å²) in [7, 11) is 0. The number of pyridine rings is 1. The fraction of sp³-hybridized carbons (Fsp3) is 0. The molecule has 2 aromatic heterocycles. The van der Waals surface area contributed by atoms with Crippen molar-refractivity contribution in [3.8, 4) is 22.8 Å². The van der Waals surface area contributed by atoms with Crippen LogP contribution in [0.2, 0.25) is 0 Å². The van der Waals surface area contributed by atoms with Crippen molar-refractivity contribution < 1.29 is 0 Å². The van der Waals surface area contributed by atoms with Crippen LogP contribution in [0.4, 0.5) is 0 Å². The number of nitrogens with one attached hydrogen (secondary N) is 1. The highest BCUT2D eigenvalue weighted by atomic mass is 16.1. The van der Waals surface area contributed by atoms with Gasteiger partial charge in [0.15, 0.2) is 0 Å². The highest BCUT2D eigenvalue weighted by Crippen LogP contribution is 2.17. The normalized spacial score (nSPS) is 10.3. The molecule has 0 aliphatic heterocycles. The second kappa shape index (κ2) is 4.86. The minimum atomic E-state index is -0.279. The summed E-state index contributed by atoms with van der Waals surface area (Å²) in [6, 6.07) is 16.6. The minimum absolute atomic E-state index is 0.279. The summed E-state index contributed by atoms with van der Waals surface area (Å²) in [5.41, 5.74) is 1.98. The van der Waals surface area contributed by atoms with E-state index in [9.17, 15) is 4.79 Å². The molecule has 4 heteroatoms. The molecule has 0 fully saturated rings. The molecule has 0 radical (unpaired) electrons. The fourth-order valence-electron chi connectivity index (χ4n) is 1.85. The number of benzene rings is 1. The van der Waals surface area contributed by atoms with Gasteiger partial charge in [-0.1, -0.05) is 36.4 Å². The molecule has 0 amide bonds. The Bertz CT molecular complexity index is 675. The van der Waals surface area contributed by atoms with Gasteiger partial charge in [-0.25, -0.2) is 0 Å². The first kappa shape index (κ1) is 11.3. The quantitative estimate of drug-likeness (QED) is 0.759. The first-order valence-corrected chi connectivity index (χ1v) is 5.91. The lowest BCUT2D eigenvalue weighted by Crippen LogP contribution is -2.08. The van der Waals surface area contributed by atoms with Gasteiger partial charge >= 0.3 is 0 Å². The Morgan fingerprint density at radius 1 is 0.947 bits per heavy atom. The van der Waals surface area contributed by atoms with Gasteiger partial charge in [-0.3, -0.25) is 9.78 Å². The van der Waals surface area contributed by atoms with Crippen LogP contribution in [0.25, 0.3) is 22.8 Å². The fourth-order valence-corrected chi connectivity index (χ4v) is 1.85. The van der Waals surface area contributed by atoms with E-state index in [1.54, 1.807) is 6.20 Å². The van der Waals surface area contributed by atoms with E-state index in [-0.39, 0.29) is 5.56 Å².